The zero-order valence-corrected chi connectivity index (χ0v) is 13.9. The van der Waals surface area contributed by atoms with Crippen molar-refractivity contribution in [2.45, 2.75) is 18.5 Å². The summed E-state index contributed by atoms with van der Waals surface area (Å²) in [6.45, 7) is 2.99. The van der Waals surface area contributed by atoms with Gasteiger partial charge in [-0.3, -0.25) is 14.6 Å². The van der Waals surface area contributed by atoms with Crippen LogP contribution in [0.3, 0.4) is 0 Å². The molecule has 2 aliphatic rings. The number of nitrogens with zero attached hydrogens (tertiary/aromatic N) is 2. The van der Waals surface area contributed by atoms with Gasteiger partial charge in [-0.15, -0.1) is 0 Å². The number of benzene rings is 1. The lowest BCUT2D eigenvalue weighted by atomic mass is 10.0. The SMILES string of the molecule is NC(=O)[C@H](c1ccccc1)N1CCN([C@@H]2CCS(=O)(=O)C2)CC1. The van der Waals surface area contributed by atoms with Crippen LogP contribution in [-0.4, -0.2) is 67.9 Å². The zero-order chi connectivity index (χ0) is 16.4. The summed E-state index contributed by atoms with van der Waals surface area (Å²) >= 11 is 0. The predicted octanol–water partition coefficient (Wildman–Crippen LogP) is 0.0177. The third kappa shape index (κ3) is 3.73. The molecule has 23 heavy (non-hydrogen) atoms. The van der Waals surface area contributed by atoms with E-state index in [1.165, 1.54) is 0 Å². The molecule has 2 heterocycles. The van der Waals surface area contributed by atoms with Crippen molar-refractivity contribution >= 4 is 15.7 Å². The second kappa shape index (κ2) is 6.59. The fourth-order valence-corrected chi connectivity index (χ4v) is 5.38. The van der Waals surface area contributed by atoms with Crippen molar-refractivity contribution in [2.24, 2.45) is 5.73 Å². The highest BCUT2D eigenvalue weighted by Gasteiger charge is 2.35. The number of primary amides is 1. The monoisotopic (exact) mass is 337 g/mol. The van der Waals surface area contributed by atoms with Gasteiger partial charge in [0.15, 0.2) is 9.84 Å². The molecule has 2 saturated heterocycles. The minimum Gasteiger partial charge on any atom is -0.368 e. The van der Waals surface area contributed by atoms with Gasteiger partial charge < -0.3 is 5.73 Å². The van der Waals surface area contributed by atoms with Gasteiger partial charge in [-0.25, -0.2) is 8.42 Å². The summed E-state index contributed by atoms with van der Waals surface area (Å²) in [5, 5.41) is 0. The molecule has 7 heteroatoms. The van der Waals surface area contributed by atoms with E-state index >= 15 is 0 Å². The van der Waals surface area contributed by atoms with Crippen LogP contribution in [0, 0.1) is 0 Å². The molecule has 0 aromatic heterocycles. The van der Waals surface area contributed by atoms with Crippen molar-refractivity contribution in [1.29, 1.82) is 0 Å². The van der Waals surface area contributed by atoms with Crippen LogP contribution in [0.1, 0.15) is 18.0 Å². The highest BCUT2D eigenvalue weighted by atomic mass is 32.2. The fraction of sp³-hybridized carbons (Fsp3) is 0.562. The van der Waals surface area contributed by atoms with E-state index < -0.39 is 15.9 Å². The Labute approximate surface area is 137 Å². The average Bonchev–Trinajstić information content (AvgIpc) is 2.89. The largest absolute Gasteiger partial charge is 0.368 e. The molecule has 0 unspecified atom stereocenters. The molecule has 126 valence electrons. The Morgan fingerprint density at radius 1 is 1.13 bits per heavy atom. The van der Waals surface area contributed by atoms with Crippen LogP contribution in [-0.2, 0) is 14.6 Å². The highest BCUT2D eigenvalue weighted by Crippen LogP contribution is 2.24. The minimum absolute atomic E-state index is 0.130. The molecule has 2 fully saturated rings. The molecular weight excluding hydrogens is 314 g/mol. The lowest BCUT2D eigenvalue weighted by Gasteiger charge is -2.40. The summed E-state index contributed by atoms with van der Waals surface area (Å²) in [6, 6.07) is 9.29. The average molecular weight is 337 g/mol. The molecule has 2 atom stereocenters. The molecule has 0 radical (unpaired) electrons. The maximum atomic E-state index is 11.9. The molecule has 0 aliphatic carbocycles. The minimum atomic E-state index is -2.86. The molecule has 3 rings (SSSR count). The maximum absolute atomic E-state index is 11.9. The van der Waals surface area contributed by atoms with Crippen molar-refractivity contribution in [3.8, 4) is 0 Å². The van der Waals surface area contributed by atoms with Crippen molar-refractivity contribution in [3.05, 3.63) is 35.9 Å². The summed E-state index contributed by atoms with van der Waals surface area (Å²) in [5.74, 6) is 0.226. The number of rotatable bonds is 4. The fourth-order valence-electron chi connectivity index (χ4n) is 3.61. The van der Waals surface area contributed by atoms with Crippen LogP contribution in [0.4, 0.5) is 0 Å². The van der Waals surface area contributed by atoms with Gasteiger partial charge >= 0.3 is 0 Å². The molecule has 0 spiro atoms. The Bertz CT molecular complexity index is 654. The van der Waals surface area contributed by atoms with E-state index in [0.29, 0.717) is 5.75 Å². The van der Waals surface area contributed by atoms with E-state index in [0.717, 1.165) is 38.2 Å². The number of carbonyl (C=O) groups is 1. The standard InChI is InChI=1S/C16H23N3O3S/c17-16(20)15(13-4-2-1-3-5-13)19-9-7-18(8-10-19)14-6-11-23(21,22)12-14/h1-5,14-15H,6-12H2,(H2,17,20)/t14-,15+/m1/s1. The van der Waals surface area contributed by atoms with Crippen molar-refractivity contribution in [1.82, 2.24) is 9.80 Å². The first-order valence-corrected chi connectivity index (χ1v) is 9.81. The number of hydrogen-bond donors (Lipinski definition) is 1. The Balaban J connectivity index is 1.64. The third-order valence-electron chi connectivity index (χ3n) is 4.82. The lowest BCUT2D eigenvalue weighted by molar-refractivity contribution is -0.124. The molecule has 1 aromatic rings. The van der Waals surface area contributed by atoms with Gasteiger partial charge in [0.25, 0.3) is 0 Å². The van der Waals surface area contributed by atoms with E-state index in [-0.39, 0.29) is 17.7 Å². The normalized spacial score (nSPS) is 26.9. The van der Waals surface area contributed by atoms with Crippen molar-refractivity contribution in [3.63, 3.8) is 0 Å². The molecule has 0 bridgehead atoms. The quantitative estimate of drug-likeness (QED) is 0.837. The number of nitrogens with two attached hydrogens (primary N) is 1. The van der Waals surface area contributed by atoms with E-state index in [1.54, 1.807) is 0 Å². The highest BCUT2D eigenvalue weighted by molar-refractivity contribution is 7.91. The van der Waals surface area contributed by atoms with Gasteiger partial charge in [-0.2, -0.15) is 0 Å². The smallest absolute Gasteiger partial charge is 0.239 e. The topological polar surface area (TPSA) is 83.7 Å². The van der Waals surface area contributed by atoms with Crippen molar-refractivity contribution in [2.75, 3.05) is 37.7 Å². The first-order chi connectivity index (χ1) is 11.0. The van der Waals surface area contributed by atoms with Gasteiger partial charge in [0, 0.05) is 32.2 Å². The zero-order valence-electron chi connectivity index (χ0n) is 13.1. The van der Waals surface area contributed by atoms with Crippen molar-refractivity contribution < 1.29 is 13.2 Å². The Hall–Kier alpha value is -1.44. The second-order valence-corrected chi connectivity index (χ2v) is 8.57. The van der Waals surface area contributed by atoms with Crippen LogP contribution in [0.5, 0.6) is 0 Å². The number of piperazine rings is 1. The summed E-state index contributed by atoms with van der Waals surface area (Å²) in [6.07, 6.45) is 0.722. The summed E-state index contributed by atoms with van der Waals surface area (Å²) in [5.41, 5.74) is 6.53. The molecule has 1 aromatic carbocycles. The van der Waals surface area contributed by atoms with E-state index in [2.05, 4.69) is 9.80 Å². The van der Waals surface area contributed by atoms with Crippen LogP contribution in [0.2, 0.25) is 0 Å². The molecule has 2 aliphatic heterocycles. The Morgan fingerprint density at radius 3 is 2.30 bits per heavy atom. The number of amides is 1. The first kappa shape index (κ1) is 16.4. The molecule has 0 saturated carbocycles. The van der Waals surface area contributed by atoms with Gasteiger partial charge in [0.1, 0.15) is 6.04 Å². The first-order valence-electron chi connectivity index (χ1n) is 7.99. The van der Waals surface area contributed by atoms with E-state index in [4.69, 9.17) is 5.73 Å². The van der Waals surface area contributed by atoms with E-state index in [1.807, 2.05) is 30.3 Å². The van der Waals surface area contributed by atoms with Crippen LogP contribution in [0.15, 0.2) is 30.3 Å². The predicted molar refractivity (Wildman–Crippen MR) is 88.6 cm³/mol. The molecule has 1 amide bonds. The second-order valence-electron chi connectivity index (χ2n) is 6.34. The number of carbonyl (C=O) groups excluding carboxylic acids is 1. The maximum Gasteiger partial charge on any atom is 0.239 e. The van der Waals surface area contributed by atoms with Gasteiger partial charge in [0.2, 0.25) is 5.91 Å². The summed E-state index contributed by atoms with van der Waals surface area (Å²) in [7, 11) is -2.86. The van der Waals surface area contributed by atoms with Crippen LogP contribution in [0.25, 0.3) is 0 Å². The molecular formula is C16H23N3O3S. The van der Waals surface area contributed by atoms with Crippen LogP contribution < -0.4 is 5.73 Å². The molecule has 2 N–H and O–H groups in total. The Morgan fingerprint density at radius 2 is 1.78 bits per heavy atom. The number of hydrogen-bond acceptors (Lipinski definition) is 5. The van der Waals surface area contributed by atoms with E-state index in [9.17, 15) is 13.2 Å². The molecule has 6 nitrogen and oxygen atoms in total. The van der Waals surface area contributed by atoms with Gasteiger partial charge in [-0.1, -0.05) is 30.3 Å². The summed E-state index contributed by atoms with van der Waals surface area (Å²) in [4.78, 5) is 16.2. The number of sulfone groups is 1. The lowest BCUT2D eigenvalue weighted by Crippen LogP contribution is -2.53. The van der Waals surface area contributed by atoms with Gasteiger partial charge in [-0.05, 0) is 12.0 Å². The summed E-state index contributed by atoms with van der Waals surface area (Å²) < 4.78 is 23.3. The van der Waals surface area contributed by atoms with Gasteiger partial charge in [0.05, 0.1) is 11.5 Å². The third-order valence-corrected chi connectivity index (χ3v) is 6.57. The Kier molecular flexibility index (Phi) is 4.70. The van der Waals surface area contributed by atoms with Crippen LogP contribution >= 0.6 is 0 Å².